The molecule has 1 N–H and O–H groups in total. The van der Waals surface area contributed by atoms with Crippen LogP contribution in [0.3, 0.4) is 0 Å². The minimum Gasteiger partial charge on any atom is -0.495 e. The van der Waals surface area contributed by atoms with Gasteiger partial charge in [0.15, 0.2) is 6.10 Å². The third kappa shape index (κ3) is 4.15. The number of nitrogens with one attached hydrogen (secondary N) is 1. The summed E-state index contributed by atoms with van der Waals surface area (Å²) >= 11 is 6.03. The van der Waals surface area contributed by atoms with Gasteiger partial charge in [-0.25, -0.2) is 0 Å². The van der Waals surface area contributed by atoms with Crippen molar-refractivity contribution < 1.29 is 14.3 Å². The SMILES string of the molecule is COc1ccc(NC(=O)C(C)Oc2cccc(C)c2)cc1Cl. The van der Waals surface area contributed by atoms with E-state index in [1.807, 2.05) is 31.2 Å². The largest absolute Gasteiger partial charge is 0.495 e. The Morgan fingerprint density at radius 3 is 2.64 bits per heavy atom. The number of ether oxygens (including phenoxy) is 2. The number of carbonyl (C=O) groups excluding carboxylic acids is 1. The van der Waals surface area contributed by atoms with Gasteiger partial charge in [-0.2, -0.15) is 0 Å². The highest BCUT2D eigenvalue weighted by Gasteiger charge is 2.15. The Bertz CT molecular complexity index is 673. The van der Waals surface area contributed by atoms with Crippen molar-refractivity contribution in [2.45, 2.75) is 20.0 Å². The van der Waals surface area contributed by atoms with Gasteiger partial charge in [0, 0.05) is 5.69 Å². The summed E-state index contributed by atoms with van der Waals surface area (Å²) in [6.45, 7) is 3.67. The van der Waals surface area contributed by atoms with Crippen molar-refractivity contribution in [1.29, 1.82) is 0 Å². The lowest BCUT2D eigenvalue weighted by molar-refractivity contribution is -0.122. The zero-order valence-electron chi connectivity index (χ0n) is 12.7. The Balaban J connectivity index is 2.00. The molecule has 1 unspecified atom stereocenters. The minimum absolute atomic E-state index is 0.247. The number of methoxy groups -OCH3 is 1. The molecular weight excluding hydrogens is 302 g/mol. The van der Waals surface area contributed by atoms with E-state index in [-0.39, 0.29) is 5.91 Å². The highest BCUT2D eigenvalue weighted by atomic mass is 35.5. The number of aryl methyl sites for hydroxylation is 1. The molecule has 0 saturated carbocycles. The second kappa shape index (κ2) is 7.18. The maximum absolute atomic E-state index is 12.2. The molecule has 0 aromatic heterocycles. The van der Waals surface area contributed by atoms with Gasteiger partial charge in [0.25, 0.3) is 5.91 Å². The summed E-state index contributed by atoms with van der Waals surface area (Å²) < 4.78 is 10.7. The normalized spacial score (nSPS) is 11.6. The minimum atomic E-state index is -0.623. The predicted octanol–water partition coefficient (Wildman–Crippen LogP) is 4.06. The summed E-state index contributed by atoms with van der Waals surface area (Å²) in [7, 11) is 1.54. The van der Waals surface area contributed by atoms with Crippen molar-refractivity contribution in [3.05, 3.63) is 53.1 Å². The van der Waals surface area contributed by atoms with Crippen LogP contribution in [0.2, 0.25) is 5.02 Å². The van der Waals surface area contributed by atoms with Crippen molar-refractivity contribution in [2.75, 3.05) is 12.4 Å². The molecule has 0 aliphatic rings. The molecule has 0 aliphatic heterocycles. The zero-order chi connectivity index (χ0) is 16.1. The van der Waals surface area contributed by atoms with Gasteiger partial charge in [-0.05, 0) is 49.7 Å². The Hall–Kier alpha value is -2.20. The fourth-order valence-corrected chi connectivity index (χ4v) is 2.19. The highest BCUT2D eigenvalue weighted by molar-refractivity contribution is 6.32. The fourth-order valence-electron chi connectivity index (χ4n) is 1.93. The second-order valence-corrected chi connectivity index (χ2v) is 5.32. The molecule has 5 heteroatoms. The third-order valence-corrected chi connectivity index (χ3v) is 3.39. The second-order valence-electron chi connectivity index (χ2n) is 4.92. The molecule has 0 heterocycles. The van der Waals surface area contributed by atoms with Crippen molar-refractivity contribution in [2.24, 2.45) is 0 Å². The van der Waals surface area contributed by atoms with E-state index in [0.29, 0.717) is 22.2 Å². The van der Waals surface area contributed by atoms with Crippen LogP contribution < -0.4 is 14.8 Å². The molecule has 2 aromatic rings. The van der Waals surface area contributed by atoms with Gasteiger partial charge in [0.05, 0.1) is 12.1 Å². The van der Waals surface area contributed by atoms with Crippen LogP contribution in [0.15, 0.2) is 42.5 Å². The Morgan fingerprint density at radius 2 is 2.00 bits per heavy atom. The van der Waals surface area contributed by atoms with E-state index in [1.54, 1.807) is 25.1 Å². The molecule has 0 fully saturated rings. The van der Waals surface area contributed by atoms with E-state index < -0.39 is 6.10 Å². The predicted molar refractivity (Wildman–Crippen MR) is 87.9 cm³/mol. The van der Waals surface area contributed by atoms with Gasteiger partial charge in [0.2, 0.25) is 0 Å². The summed E-state index contributed by atoms with van der Waals surface area (Å²) in [5.41, 5.74) is 1.67. The van der Waals surface area contributed by atoms with Crippen LogP contribution in [0.4, 0.5) is 5.69 Å². The van der Waals surface area contributed by atoms with Crippen LogP contribution in [0.25, 0.3) is 0 Å². The quantitative estimate of drug-likeness (QED) is 0.904. The van der Waals surface area contributed by atoms with Gasteiger partial charge in [-0.3, -0.25) is 4.79 Å². The lowest BCUT2D eigenvalue weighted by Gasteiger charge is -2.15. The van der Waals surface area contributed by atoms with Crippen LogP contribution in [-0.4, -0.2) is 19.1 Å². The number of amides is 1. The van der Waals surface area contributed by atoms with Crippen LogP contribution >= 0.6 is 11.6 Å². The Kier molecular flexibility index (Phi) is 5.28. The van der Waals surface area contributed by atoms with E-state index in [4.69, 9.17) is 21.1 Å². The van der Waals surface area contributed by atoms with Gasteiger partial charge < -0.3 is 14.8 Å². The van der Waals surface area contributed by atoms with Crippen LogP contribution in [-0.2, 0) is 4.79 Å². The van der Waals surface area contributed by atoms with Crippen LogP contribution in [0.1, 0.15) is 12.5 Å². The van der Waals surface area contributed by atoms with Gasteiger partial charge in [-0.15, -0.1) is 0 Å². The molecule has 0 radical (unpaired) electrons. The number of carbonyl (C=O) groups is 1. The zero-order valence-corrected chi connectivity index (χ0v) is 13.5. The molecule has 0 spiro atoms. The van der Waals surface area contributed by atoms with Crippen molar-refractivity contribution in [1.82, 2.24) is 0 Å². The first kappa shape index (κ1) is 16.2. The van der Waals surface area contributed by atoms with E-state index in [9.17, 15) is 4.79 Å². The molecule has 4 nitrogen and oxygen atoms in total. The number of hydrogen-bond acceptors (Lipinski definition) is 3. The number of rotatable bonds is 5. The molecule has 2 rings (SSSR count). The molecule has 0 aliphatic carbocycles. The Labute approximate surface area is 135 Å². The summed E-state index contributed by atoms with van der Waals surface area (Å²) in [6.07, 6.45) is -0.623. The van der Waals surface area contributed by atoms with Gasteiger partial charge in [0.1, 0.15) is 11.5 Å². The Morgan fingerprint density at radius 1 is 1.23 bits per heavy atom. The van der Waals surface area contributed by atoms with Crippen LogP contribution in [0.5, 0.6) is 11.5 Å². The lowest BCUT2D eigenvalue weighted by atomic mass is 10.2. The van der Waals surface area contributed by atoms with Crippen LogP contribution in [0, 0.1) is 6.92 Å². The molecule has 0 bridgehead atoms. The number of halogens is 1. The van der Waals surface area contributed by atoms with E-state index >= 15 is 0 Å². The molecule has 1 amide bonds. The standard InChI is InChI=1S/C17H18ClNO3/c1-11-5-4-6-14(9-11)22-12(2)17(20)19-13-7-8-16(21-3)15(18)10-13/h4-10,12H,1-3H3,(H,19,20). The number of anilines is 1. The molecular formula is C17H18ClNO3. The summed E-state index contributed by atoms with van der Waals surface area (Å²) in [6, 6.07) is 12.6. The smallest absolute Gasteiger partial charge is 0.265 e. The molecule has 22 heavy (non-hydrogen) atoms. The maximum atomic E-state index is 12.2. The number of hydrogen-bond donors (Lipinski definition) is 1. The first-order valence-electron chi connectivity index (χ1n) is 6.87. The number of benzene rings is 2. The van der Waals surface area contributed by atoms with Crippen molar-refractivity contribution >= 4 is 23.2 Å². The van der Waals surface area contributed by atoms with Gasteiger partial charge >= 0.3 is 0 Å². The first-order chi connectivity index (χ1) is 10.5. The molecule has 0 saturated heterocycles. The highest BCUT2D eigenvalue weighted by Crippen LogP contribution is 2.27. The van der Waals surface area contributed by atoms with E-state index in [1.165, 1.54) is 7.11 Å². The topological polar surface area (TPSA) is 47.6 Å². The van der Waals surface area contributed by atoms with Gasteiger partial charge in [-0.1, -0.05) is 23.7 Å². The summed E-state index contributed by atoms with van der Waals surface area (Å²) in [5.74, 6) is 0.974. The fraction of sp³-hybridized carbons (Fsp3) is 0.235. The lowest BCUT2D eigenvalue weighted by Crippen LogP contribution is -2.30. The van der Waals surface area contributed by atoms with Crippen molar-refractivity contribution in [3.8, 4) is 11.5 Å². The summed E-state index contributed by atoms with van der Waals surface area (Å²) in [5, 5.41) is 3.20. The average molecular weight is 320 g/mol. The average Bonchev–Trinajstić information content (AvgIpc) is 2.47. The van der Waals surface area contributed by atoms with E-state index in [2.05, 4.69) is 5.32 Å². The maximum Gasteiger partial charge on any atom is 0.265 e. The monoisotopic (exact) mass is 319 g/mol. The first-order valence-corrected chi connectivity index (χ1v) is 7.25. The molecule has 2 aromatic carbocycles. The van der Waals surface area contributed by atoms with E-state index in [0.717, 1.165) is 5.56 Å². The van der Waals surface area contributed by atoms with Crippen molar-refractivity contribution in [3.63, 3.8) is 0 Å². The molecule has 116 valence electrons. The third-order valence-electron chi connectivity index (χ3n) is 3.09. The summed E-state index contributed by atoms with van der Waals surface area (Å²) in [4.78, 5) is 12.2. The molecule has 1 atom stereocenters.